The molecule has 0 amide bonds. The number of nitrogens with zero attached hydrogens (tertiary/aromatic N) is 2. The van der Waals surface area contributed by atoms with E-state index in [1.165, 1.54) is 19.3 Å². The first-order chi connectivity index (χ1) is 9.98. The van der Waals surface area contributed by atoms with Crippen LogP contribution in [0.15, 0.2) is 12.4 Å². The van der Waals surface area contributed by atoms with E-state index in [0.717, 1.165) is 38.1 Å². The van der Waals surface area contributed by atoms with E-state index < -0.39 is 5.60 Å². The monoisotopic (exact) mass is 291 g/mol. The van der Waals surface area contributed by atoms with Crippen molar-refractivity contribution in [2.75, 3.05) is 6.54 Å². The van der Waals surface area contributed by atoms with Crippen LogP contribution in [0.25, 0.3) is 0 Å². The zero-order chi connectivity index (χ0) is 14.9. The van der Waals surface area contributed by atoms with E-state index in [4.69, 9.17) is 0 Å². The summed E-state index contributed by atoms with van der Waals surface area (Å²) in [6.45, 7) is 6.08. The molecule has 0 spiro atoms. The second-order valence-electron chi connectivity index (χ2n) is 7.83. The summed E-state index contributed by atoms with van der Waals surface area (Å²) in [7, 11) is 0. The Morgan fingerprint density at radius 1 is 1.29 bits per heavy atom. The highest BCUT2D eigenvalue weighted by Crippen LogP contribution is 2.38. The molecule has 2 fully saturated rings. The Morgan fingerprint density at radius 3 is 2.86 bits per heavy atom. The summed E-state index contributed by atoms with van der Waals surface area (Å²) in [5, 5.41) is 14.3. The summed E-state index contributed by atoms with van der Waals surface area (Å²) in [6, 6.07) is 0.672. The highest BCUT2D eigenvalue weighted by Gasteiger charge is 2.33. The molecule has 2 N–H and O–H groups in total. The quantitative estimate of drug-likeness (QED) is 0.820. The molecule has 0 saturated heterocycles. The summed E-state index contributed by atoms with van der Waals surface area (Å²) < 4.78 is 2.28. The molecule has 2 aliphatic carbocycles. The maximum Gasteiger partial charge on any atom is 0.122 e. The fraction of sp³-hybridized carbons (Fsp3) is 0.824. The third kappa shape index (κ3) is 3.86. The van der Waals surface area contributed by atoms with Crippen molar-refractivity contribution in [2.24, 2.45) is 5.41 Å². The molecule has 2 aliphatic rings. The molecule has 4 nitrogen and oxygen atoms in total. The van der Waals surface area contributed by atoms with Gasteiger partial charge in [-0.3, -0.25) is 0 Å². The summed E-state index contributed by atoms with van der Waals surface area (Å²) in [5.41, 5.74) is -0.155. The lowest BCUT2D eigenvalue weighted by atomic mass is 9.84. The molecular formula is C17H29N3O. The van der Waals surface area contributed by atoms with Gasteiger partial charge in [0.25, 0.3) is 0 Å². The Kier molecular flexibility index (Phi) is 4.10. The standard InChI is InChI=1S/C17H29N3O/c1-16(2)6-3-7-17(21,9-8-16)13-18-12-15-19-10-11-20(15)14-4-5-14/h10-11,14,18,21H,3-9,12-13H2,1-2H3. The average Bonchev–Trinajstić information content (AvgIpc) is 3.18. The largest absolute Gasteiger partial charge is 0.389 e. The Morgan fingerprint density at radius 2 is 2.10 bits per heavy atom. The van der Waals surface area contributed by atoms with Crippen molar-refractivity contribution in [1.29, 1.82) is 0 Å². The molecule has 1 heterocycles. The van der Waals surface area contributed by atoms with E-state index in [-0.39, 0.29) is 0 Å². The van der Waals surface area contributed by atoms with Gasteiger partial charge >= 0.3 is 0 Å². The van der Waals surface area contributed by atoms with Gasteiger partial charge in [-0.15, -0.1) is 0 Å². The fourth-order valence-corrected chi connectivity index (χ4v) is 3.47. The maximum absolute atomic E-state index is 10.8. The van der Waals surface area contributed by atoms with Gasteiger partial charge in [-0.05, 0) is 43.9 Å². The molecule has 0 aliphatic heterocycles. The van der Waals surface area contributed by atoms with Crippen LogP contribution in [0.5, 0.6) is 0 Å². The van der Waals surface area contributed by atoms with Gasteiger partial charge in [-0.25, -0.2) is 4.98 Å². The second-order valence-corrected chi connectivity index (χ2v) is 7.83. The molecule has 0 aromatic carbocycles. The topological polar surface area (TPSA) is 50.1 Å². The number of nitrogens with one attached hydrogen (secondary N) is 1. The van der Waals surface area contributed by atoms with Crippen LogP contribution in [0.4, 0.5) is 0 Å². The van der Waals surface area contributed by atoms with Crippen molar-refractivity contribution in [1.82, 2.24) is 14.9 Å². The number of imidazole rings is 1. The van der Waals surface area contributed by atoms with Crippen molar-refractivity contribution in [3.8, 4) is 0 Å². The van der Waals surface area contributed by atoms with Crippen LogP contribution in [0.3, 0.4) is 0 Å². The predicted octanol–water partition coefficient (Wildman–Crippen LogP) is 3.03. The van der Waals surface area contributed by atoms with Crippen LogP contribution < -0.4 is 5.32 Å². The molecule has 1 aromatic rings. The van der Waals surface area contributed by atoms with Crippen LogP contribution >= 0.6 is 0 Å². The van der Waals surface area contributed by atoms with Crippen LogP contribution in [0.1, 0.15) is 70.7 Å². The molecule has 1 unspecified atom stereocenters. The molecule has 21 heavy (non-hydrogen) atoms. The highest BCUT2D eigenvalue weighted by atomic mass is 16.3. The zero-order valence-corrected chi connectivity index (χ0v) is 13.4. The lowest BCUT2D eigenvalue weighted by molar-refractivity contribution is 0.0222. The number of aliphatic hydroxyl groups is 1. The first-order valence-electron chi connectivity index (χ1n) is 8.42. The van der Waals surface area contributed by atoms with E-state index in [2.05, 4.69) is 34.9 Å². The third-order valence-electron chi connectivity index (χ3n) is 5.19. The van der Waals surface area contributed by atoms with Crippen LogP contribution in [0.2, 0.25) is 0 Å². The molecule has 0 radical (unpaired) electrons. The van der Waals surface area contributed by atoms with Gasteiger partial charge in [0.1, 0.15) is 5.82 Å². The molecule has 4 heteroatoms. The summed E-state index contributed by atoms with van der Waals surface area (Å²) in [5.74, 6) is 1.11. The number of hydrogen-bond acceptors (Lipinski definition) is 3. The maximum atomic E-state index is 10.8. The molecule has 2 saturated carbocycles. The Hall–Kier alpha value is -0.870. The van der Waals surface area contributed by atoms with Crippen LogP contribution in [-0.4, -0.2) is 26.8 Å². The van der Waals surface area contributed by atoms with E-state index in [9.17, 15) is 5.11 Å². The summed E-state index contributed by atoms with van der Waals surface area (Å²) >= 11 is 0. The minimum absolute atomic E-state index is 0.382. The molecule has 3 rings (SSSR count). The normalized spacial score (nSPS) is 29.3. The highest BCUT2D eigenvalue weighted by molar-refractivity contribution is 4.99. The van der Waals surface area contributed by atoms with Crippen LogP contribution in [0, 0.1) is 5.41 Å². The fourth-order valence-electron chi connectivity index (χ4n) is 3.47. The van der Waals surface area contributed by atoms with Crippen molar-refractivity contribution < 1.29 is 5.11 Å². The van der Waals surface area contributed by atoms with Crippen molar-refractivity contribution >= 4 is 0 Å². The third-order valence-corrected chi connectivity index (χ3v) is 5.19. The SMILES string of the molecule is CC1(C)CCCC(O)(CNCc2nccn2C2CC2)CC1. The van der Waals surface area contributed by atoms with Crippen LogP contribution in [-0.2, 0) is 6.54 Å². The van der Waals surface area contributed by atoms with Gasteiger partial charge in [-0.2, -0.15) is 0 Å². The molecule has 1 aromatic heterocycles. The van der Waals surface area contributed by atoms with E-state index in [1.807, 2.05) is 6.20 Å². The van der Waals surface area contributed by atoms with Gasteiger partial charge in [0, 0.05) is 25.0 Å². The molecular weight excluding hydrogens is 262 g/mol. The van der Waals surface area contributed by atoms with Gasteiger partial charge in [-0.1, -0.05) is 20.3 Å². The van der Waals surface area contributed by atoms with Crippen molar-refractivity contribution in [3.63, 3.8) is 0 Å². The number of rotatable bonds is 5. The number of hydrogen-bond donors (Lipinski definition) is 2. The summed E-state index contributed by atoms with van der Waals surface area (Å²) in [6.07, 6.45) is 11.8. The van der Waals surface area contributed by atoms with E-state index >= 15 is 0 Å². The lowest BCUT2D eigenvalue weighted by Gasteiger charge is -2.28. The second kappa shape index (κ2) is 5.73. The van der Waals surface area contributed by atoms with Gasteiger partial charge in [0.05, 0.1) is 12.1 Å². The average molecular weight is 291 g/mol. The Bertz CT molecular complexity index is 478. The van der Waals surface area contributed by atoms with E-state index in [1.54, 1.807) is 0 Å². The summed E-state index contributed by atoms with van der Waals surface area (Å²) in [4.78, 5) is 4.44. The minimum atomic E-state index is -0.537. The first-order valence-corrected chi connectivity index (χ1v) is 8.42. The molecule has 118 valence electrons. The predicted molar refractivity (Wildman–Crippen MR) is 84.0 cm³/mol. The molecule has 0 bridgehead atoms. The van der Waals surface area contributed by atoms with Gasteiger partial charge < -0.3 is 15.0 Å². The molecule has 1 atom stereocenters. The number of aromatic nitrogens is 2. The van der Waals surface area contributed by atoms with Crippen molar-refractivity contribution in [3.05, 3.63) is 18.2 Å². The van der Waals surface area contributed by atoms with Gasteiger partial charge in [0.2, 0.25) is 0 Å². The smallest absolute Gasteiger partial charge is 0.122 e. The van der Waals surface area contributed by atoms with Gasteiger partial charge in [0.15, 0.2) is 0 Å². The Labute approximate surface area is 128 Å². The van der Waals surface area contributed by atoms with E-state index in [0.29, 0.717) is 18.0 Å². The zero-order valence-electron chi connectivity index (χ0n) is 13.4. The Balaban J connectivity index is 1.51. The minimum Gasteiger partial charge on any atom is -0.389 e. The lowest BCUT2D eigenvalue weighted by Crippen LogP contribution is -2.40. The first kappa shape index (κ1) is 15.0. The van der Waals surface area contributed by atoms with Crippen molar-refractivity contribution in [2.45, 2.75) is 77.0 Å².